The highest BCUT2D eigenvalue weighted by Crippen LogP contribution is 2.27. The molecule has 136 valence electrons. The fourth-order valence-corrected chi connectivity index (χ4v) is 3.38. The van der Waals surface area contributed by atoms with Crippen molar-refractivity contribution in [1.82, 2.24) is 10.3 Å². The van der Waals surface area contributed by atoms with Gasteiger partial charge in [0.2, 0.25) is 0 Å². The number of pyridine rings is 1. The van der Waals surface area contributed by atoms with Crippen molar-refractivity contribution in [2.45, 2.75) is 18.9 Å². The number of benzene rings is 1. The number of carbonyl (C=O) groups is 1. The molecule has 2 aliphatic rings. The standard InChI is InChI=1S/C20H20N6O/c21-9-13-3-5-15(6-4-13)25-20-19-14(10-23-12-17(19)27)8-18(26-20)24-16-2-1-7-22-11-16/h3-6,8,10,16,22H,1-2,7,11-12H2,(H2,24,25,26)/t16-/m1/s1. The Balaban J connectivity index is 1.66. The Kier molecular flexibility index (Phi) is 4.81. The van der Waals surface area contributed by atoms with Crippen LogP contribution in [0.5, 0.6) is 0 Å². The summed E-state index contributed by atoms with van der Waals surface area (Å²) >= 11 is 0. The predicted molar refractivity (Wildman–Crippen MR) is 105 cm³/mol. The number of fused-ring (bicyclic) bond motifs is 1. The van der Waals surface area contributed by atoms with Gasteiger partial charge in [-0.25, -0.2) is 4.98 Å². The first-order valence-electron chi connectivity index (χ1n) is 9.05. The number of nitriles is 1. The molecule has 7 nitrogen and oxygen atoms in total. The van der Waals surface area contributed by atoms with E-state index in [9.17, 15) is 4.79 Å². The van der Waals surface area contributed by atoms with E-state index in [0.29, 0.717) is 23.0 Å². The van der Waals surface area contributed by atoms with Crippen LogP contribution in [0, 0.1) is 11.3 Å². The Bertz CT molecular complexity index is 923. The van der Waals surface area contributed by atoms with Crippen LogP contribution in [0.1, 0.15) is 34.3 Å². The number of nitrogens with one attached hydrogen (secondary N) is 3. The molecule has 0 aliphatic carbocycles. The molecule has 3 heterocycles. The predicted octanol–water partition coefficient (Wildman–Crippen LogP) is 2.48. The summed E-state index contributed by atoms with van der Waals surface area (Å²) in [6.07, 6.45) is 3.93. The molecule has 0 unspecified atom stereocenters. The van der Waals surface area contributed by atoms with Crippen molar-refractivity contribution < 1.29 is 4.79 Å². The summed E-state index contributed by atoms with van der Waals surface area (Å²) in [6.45, 7) is 2.07. The number of nitrogens with zero attached hydrogens (tertiary/aromatic N) is 3. The third-order valence-corrected chi connectivity index (χ3v) is 4.72. The van der Waals surface area contributed by atoms with E-state index in [1.807, 2.05) is 6.07 Å². The van der Waals surface area contributed by atoms with E-state index >= 15 is 0 Å². The Morgan fingerprint density at radius 2 is 2.11 bits per heavy atom. The molecule has 7 heteroatoms. The number of rotatable bonds is 4. The zero-order valence-corrected chi connectivity index (χ0v) is 14.8. The zero-order valence-electron chi connectivity index (χ0n) is 14.8. The van der Waals surface area contributed by atoms with Crippen LogP contribution < -0.4 is 16.0 Å². The van der Waals surface area contributed by atoms with E-state index in [4.69, 9.17) is 5.26 Å². The average molecular weight is 360 g/mol. The first-order valence-corrected chi connectivity index (χ1v) is 9.05. The van der Waals surface area contributed by atoms with Crippen molar-refractivity contribution in [3.8, 4) is 6.07 Å². The van der Waals surface area contributed by atoms with Gasteiger partial charge in [0.05, 0.1) is 17.2 Å². The van der Waals surface area contributed by atoms with E-state index in [2.05, 4.69) is 32.0 Å². The van der Waals surface area contributed by atoms with Gasteiger partial charge >= 0.3 is 0 Å². The summed E-state index contributed by atoms with van der Waals surface area (Å²) in [5.74, 6) is 1.18. The average Bonchev–Trinajstić information content (AvgIpc) is 2.69. The van der Waals surface area contributed by atoms with E-state index in [0.717, 1.165) is 43.0 Å². The second kappa shape index (κ2) is 7.56. The van der Waals surface area contributed by atoms with Crippen LogP contribution in [0.15, 0.2) is 35.3 Å². The Morgan fingerprint density at radius 1 is 1.26 bits per heavy atom. The van der Waals surface area contributed by atoms with Gasteiger partial charge in [0.25, 0.3) is 0 Å². The number of Topliss-reactive ketones (excluding diaryl/α,β-unsaturated/α-hetero) is 1. The number of anilines is 3. The molecule has 3 N–H and O–H groups in total. The van der Waals surface area contributed by atoms with Crippen LogP contribution in [0.25, 0.3) is 0 Å². The van der Waals surface area contributed by atoms with Crippen molar-refractivity contribution in [1.29, 1.82) is 5.26 Å². The van der Waals surface area contributed by atoms with Gasteiger partial charge in [-0.15, -0.1) is 0 Å². The minimum absolute atomic E-state index is 0.0537. The topological polar surface area (TPSA) is 102 Å². The lowest BCUT2D eigenvalue weighted by molar-refractivity contribution is 0.100. The third-order valence-electron chi connectivity index (χ3n) is 4.72. The number of hydrogen-bond donors (Lipinski definition) is 3. The van der Waals surface area contributed by atoms with Crippen LogP contribution in [0.3, 0.4) is 0 Å². The van der Waals surface area contributed by atoms with E-state index < -0.39 is 0 Å². The molecule has 1 fully saturated rings. The fraction of sp³-hybridized carbons (Fsp3) is 0.300. The highest BCUT2D eigenvalue weighted by Gasteiger charge is 2.22. The Morgan fingerprint density at radius 3 is 2.85 bits per heavy atom. The normalized spacial score (nSPS) is 18.5. The lowest BCUT2D eigenvalue weighted by Gasteiger charge is -2.25. The molecular formula is C20H20N6O. The van der Waals surface area contributed by atoms with Crippen molar-refractivity contribution in [2.24, 2.45) is 4.99 Å². The number of hydrogen-bond acceptors (Lipinski definition) is 7. The summed E-state index contributed by atoms with van der Waals surface area (Å²) in [7, 11) is 0. The van der Waals surface area contributed by atoms with E-state index in [1.165, 1.54) is 0 Å². The molecule has 27 heavy (non-hydrogen) atoms. The van der Waals surface area contributed by atoms with Crippen molar-refractivity contribution in [2.75, 3.05) is 30.3 Å². The van der Waals surface area contributed by atoms with Crippen molar-refractivity contribution in [3.63, 3.8) is 0 Å². The van der Waals surface area contributed by atoms with Gasteiger partial charge in [-0.2, -0.15) is 5.26 Å². The SMILES string of the molecule is N#Cc1ccc(Nc2nc(N[C@@H]3CCCNC3)cc3c2C(=O)CN=C3)cc1. The highest BCUT2D eigenvalue weighted by molar-refractivity contribution is 6.12. The van der Waals surface area contributed by atoms with Crippen molar-refractivity contribution >= 4 is 29.3 Å². The highest BCUT2D eigenvalue weighted by atomic mass is 16.1. The molecule has 0 bridgehead atoms. The number of carbonyl (C=O) groups excluding carboxylic acids is 1. The first-order chi connectivity index (χ1) is 13.2. The van der Waals surface area contributed by atoms with Gasteiger partial charge in [-0.3, -0.25) is 9.79 Å². The molecule has 0 amide bonds. The summed E-state index contributed by atoms with van der Waals surface area (Å²) in [5, 5.41) is 19.0. The monoisotopic (exact) mass is 360 g/mol. The number of piperidine rings is 1. The van der Waals surface area contributed by atoms with Gasteiger partial charge in [0, 0.05) is 30.1 Å². The van der Waals surface area contributed by atoms with Gasteiger partial charge in [0.15, 0.2) is 5.78 Å². The second-order valence-corrected chi connectivity index (χ2v) is 6.72. The largest absolute Gasteiger partial charge is 0.366 e. The van der Waals surface area contributed by atoms with Gasteiger partial charge in [0.1, 0.15) is 18.2 Å². The fourth-order valence-electron chi connectivity index (χ4n) is 3.38. The van der Waals surface area contributed by atoms with Crippen LogP contribution in [-0.2, 0) is 0 Å². The zero-order chi connectivity index (χ0) is 18.6. The minimum Gasteiger partial charge on any atom is -0.366 e. The number of aliphatic imine (C=N–C) groups is 1. The molecule has 1 aromatic carbocycles. The van der Waals surface area contributed by atoms with E-state index in [1.54, 1.807) is 30.5 Å². The van der Waals surface area contributed by atoms with Crippen LogP contribution >= 0.6 is 0 Å². The second-order valence-electron chi connectivity index (χ2n) is 6.72. The Labute approximate surface area is 157 Å². The molecule has 1 aromatic heterocycles. The lowest BCUT2D eigenvalue weighted by Crippen LogP contribution is -2.38. The molecule has 0 radical (unpaired) electrons. The summed E-state index contributed by atoms with van der Waals surface area (Å²) in [6, 6.07) is 11.4. The Hall–Kier alpha value is -3.24. The van der Waals surface area contributed by atoms with E-state index in [-0.39, 0.29) is 12.3 Å². The maximum Gasteiger partial charge on any atom is 0.188 e. The quantitative estimate of drug-likeness (QED) is 0.774. The first kappa shape index (κ1) is 17.2. The maximum absolute atomic E-state index is 12.4. The molecule has 4 rings (SSSR count). The van der Waals surface area contributed by atoms with Gasteiger partial charge in [-0.1, -0.05) is 0 Å². The summed E-state index contributed by atoms with van der Waals surface area (Å²) in [5.41, 5.74) is 2.68. The van der Waals surface area contributed by atoms with Gasteiger partial charge in [-0.05, 0) is 49.7 Å². The molecular weight excluding hydrogens is 340 g/mol. The molecule has 1 saturated heterocycles. The van der Waals surface area contributed by atoms with Crippen LogP contribution in [0.2, 0.25) is 0 Å². The number of aromatic nitrogens is 1. The van der Waals surface area contributed by atoms with Crippen molar-refractivity contribution in [3.05, 3.63) is 47.0 Å². The summed E-state index contributed by atoms with van der Waals surface area (Å²) < 4.78 is 0. The van der Waals surface area contributed by atoms with Crippen LogP contribution in [-0.4, -0.2) is 42.7 Å². The summed E-state index contributed by atoms with van der Waals surface area (Å²) in [4.78, 5) is 21.3. The minimum atomic E-state index is -0.0537. The molecule has 2 aromatic rings. The number of ketones is 1. The maximum atomic E-state index is 12.4. The third kappa shape index (κ3) is 3.81. The molecule has 0 saturated carbocycles. The molecule has 0 spiro atoms. The van der Waals surface area contributed by atoms with Gasteiger partial charge < -0.3 is 16.0 Å². The molecule has 2 aliphatic heterocycles. The lowest BCUT2D eigenvalue weighted by atomic mass is 10.0. The molecule has 1 atom stereocenters. The smallest absolute Gasteiger partial charge is 0.188 e. The van der Waals surface area contributed by atoms with Crippen LogP contribution in [0.4, 0.5) is 17.3 Å².